The Labute approximate surface area is 112 Å². The van der Waals surface area contributed by atoms with E-state index in [-0.39, 0.29) is 30.2 Å². The molecule has 0 atom stereocenters. The van der Waals surface area contributed by atoms with E-state index in [2.05, 4.69) is 4.98 Å². The minimum atomic E-state index is -3.47. The molecule has 105 valence electrons. The summed E-state index contributed by atoms with van der Waals surface area (Å²) in [5, 5.41) is 8.64. The zero-order chi connectivity index (χ0) is 14.3. The Bertz CT molecular complexity index is 528. The first-order chi connectivity index (χ1) is 8.95. The Balaban J connectivity index is 2.73. The molecule has 0 aromatic carbocycles. The molecule has 1 aromatic rings. The number of hydrogen-bond acceptors (Lipinski definition) is 5. The normalized spacial score (nSPS) is 11.4. The van der Waals surface area contributed by atoms with Gasteiger partial charge in [-0.05, 0) is 37.0 Å². The van der Waals surface area contributed by atoms with Gasteiger partial charge in [-0.25, -0.2) is 13.4 Å². The second-order valence-corrected chi connectivity index (χ2v) is 6.09. The fourth-order valence-electron chi connectivity index (χ4n) is 1.46. The number of pyridine rings is 1. The van der Waals surface area contributed by atoms with Crippen LogP contribution in [-0.2, 0) is 14.6 Å². The molecule has 0 unspecified atom stereocenters. The number of carbonyl (C=O) groups excluding carboxylic acids is 1. The summed E-state index contributed by atoms with van der Waals surface area (Å²) in [4.78, 5) is 14.4. The molecule has 7 heteroatoms. The predicted octanol–water partition coefficient (Wildman–Crippen LogP) is 0.0556. The van der Waals surface area contributed by atoms with Gasteiger partial charge in [0.1, 0.15) is 0 Å². The van der Waals surface area contributed by atoms with Crippen molar-refractivity contribution in [2.24, 2.45) is 5.73 Å². The van der Waals surface area contributed by atoms with Gasteiger partial charge in [0, 0.05) is 19.2 Å². The van der Waals surface area contributed by atoms with Crippen molar-refractivity contribution in [3.8, 4) is 0 Å². The number of rotatable bonds is 8. The summed E-state index contributed by atoms with van der Waals surface area (Å²) in [5.41, 5.74) is 5.70. The van der Waals surface area contributed by atoms with E-state index in [0.29, 0.717) is 12.0 Å². The number of primary amides is 1. The molecule has 1 heterocycles. The summed E-state index contributed by atoms with van der Waals surface area (Å²) in [6.07, 6.45) is 3.99. The molecule has 3 N–H and O–H groups in total. The molecule has 19 heavy (non-hydrogen) atoms. The highest BCUT2D eigenvalue weighted by atomic mass is 32.2. The van der Waals surface area contributed by atoms with Gasteiger partial charge in [-0.15, -0.1) is 0 Å². The smallest absolute Gasteiger partial charge is 0.217 e. The fraction of sp³-hybridized carbons (Fsp3) is 0.417. The molecule has 0 aliphatic heterocycles. The predicted molar refractivity (Wildman–Crippen MR) is 69.8 cm³/mol. The Morgan fingerprint density at radius 3 is 2.84 bits per heavy atom. The van der Waals surface area contributed by atoms with Crippen LogP contribution in [0.15, 0.2) is 23.4 Å². The number of sulfone groups is 1. The average Bonchev–Trinajstić information content (AvgIpc) is 2.36. The van der Waals surface area contributed by atoms with Crippen molar-refractivity contribution in [3.63, 3.8) is 0 Å². The van der Waals surface area contributed by atoms with E-state index in [1.54, 1.807) is 12.5 Å². The minimum absolute atomic E-state index is 0.0197. The van der Waals surface area contributed by atoms with Gasteiger partial charge >= 0.3 is 0 Å². The van der Waals surface area contributed by atoms with Crippen LogP contribution < -0.4 is 5.73 Å². The van der Waals surface area contributed by atoms with Gasteiger partial charge in [-0.1, -0.05) is 0 Å². The van der Waals surface area contributed by atoms with E-state index in [4.69, 9.17) is 10.8 Å². The Morgan fingerprint density at radius 2 is 2.21 bits per heavy atom. The monoisotopic (exact) mass is 285 g/mol. The molecule has 0 saturated carbocycles. The lowest BCUT2D eigenvalue weighted by molar-refractivity contribution is -0.117. The first kappa shape index (κ1) is 15.6. The number of nitrogens with two attached hydrogens (primary N) is 1. The van der Waals surface area contributed by atoms with Crippen LogP contribution in [0.2, 0.25) is 0 Å². The highest BCUT2D eigenvalue weighted by Crippen LogP contribution is 2.14. The fourth-order valence-corrected chi connectivity index (χ4v) is 2.72. The molecule has 1 amide bonds. The second-order valence-electron chi connectivity index (χ2n) is 4.03. The average molecular weight is 285 g/mol. The lowest BCUT2D eigenvalue weighted by Gasteiger charge is -2.05. The molecule has 1 radical (unpaired) electrons. The zero-order valence-corrected chi connectivity index (χ0v) is 11.3. The van der Waals surface area contributed by atoms with Gasteiger partial charge in [0.25, 0.3) is 0 Å². The number of nitrogens with zero attached hydrogens (tertiary/aromatic N) is 1. The molecule has 0 bridgehead atoms. The third kappa shape index (κ3) is 5.35. The molecule has 0 aliphatic carbocycles. The molecule has 1 aromatic heterocycles. The SMILES string of the molecule is NC(=O)CC[CH]c1ccnc(S(=O)(=O)CCCO)c1. The van der Waals surface area contributed by atoms with Gasteiger partial charge in [-0.3, -0.25) is 4.79 Å². The molecule has 0 aliphatic rings. The minimum Gasteiger partial charge on any atom is -0.396 e. The van der Waals surface area contributed by atoms with Crippen molar-refractivity contribution in [3.05, 3.63) is 30.3 Å². The van der Waals surface area contributed by atoms with Gasteiger partial charge in [-0.2, -0.15) is 0 Å². The standard InChI is InChI=1S/C12H17N2O4S/c13-11(16)4-1-3-10-5-6-14-12(9-10)19(17,18)8-2-7-15/h3,5-6,9,15H,1-2,4,7-8H2,(H2,13,16). The van der Waals surface area contributed by atoms with Crippen molar-refractivity contribution in [1.29, 1.82) is 0 Å². The number of hydrogen-bond donors (Lipinski definition) is 2. The van der Waals surface area contributed by atoms with Crippen LogP contribution in [0.4, 0.5) is 0 Å². The van der Waals surface area contributed by atoms with Crippen LogP contribution >= 0.6 is 0 Å². The largest absolute Gasteiger partial charge is 0.396 e. The summed E-state index contributed by atoms with van der Waals surface area (Å²) in [5.74, 6) is -0.539. The first-order valence-corrected chi connectivity index (χ1v) is 7.52. The van der Waals surface area contributed by atoms with E-state index < -0.39 is 15.7 Å². The molecular formula is C12H17N2O4S. The second kappa shape index (κ2) is 7.20. The van der Waals surface area contributed by atoms with E-state index >= 15 is 0 Å². The maximum Gasteiger partial charge on any atom is 0.217 e. The third-order valence-electron chi connectivity index (χ3n) is 2.42. The molecule has 0 saturated heterocycles. The van der Waals surface area contributed by atoms with Gasteiger partial charge in [0.15, 0.2) is 14.9 Å². The van der Waals surface area contributed by atoms with E-state index in [9.17, 15) is 13.2 Å². The number of amides is 1. The molecule has 1 rings (SSSR count). The maximum atomic E-state index is 11.9. The number of aliphatic hydroxyl groups excluding tert-OH is 1. The van der Waals surface area contributed by atoms with Gasteiger partial charge in [0.05, 0.1) is 5.75 Å². The van der Waals surface area contributed by atoms with E-state index in [0.717, 1.165) is 0 Å². The topological polar surface area (TPSA) is 110 Å². The molecule has 0 fully saturated rings. The molecule has 6 nitrogen and oxygen atoms in total. The van der Waals surface area contributed by atoms with Crippen LogP contribution in [0.3, 0.4) is 0 Å². The van der Waals surface area contributed by atoms with Crippen molar-refractivity contribution in [2.75, 3.05) is 12.4 Å². The molecule has 0 spiro atoms. The lowest BCUT2D eigenvalue weighted by Crippen LogP contribution is -2.11. The van der Waals surface area contributed by atoms with Crippen LogP contribution in [0.5, 0.6) is 0 Å². The summed E-state index contributed by atoms with van der Waals surface area (Å²) in [6, 6.07) is 3.11. The highest BCUT2D eigenvalue weighted by Gasteiger charge is 2.15. The summed E-state index contributed by atoms with van der Waals surface area (Å²) >= 11 is 0. The zero-order valence-electron chi connectivity index (χ0n) is 10.4. The number of aromatic nitrogens is 1. The first-order valence-electron chi connectivity index (χ1n) is 5.87. The van der Waals surface area contributed by atoms with Crippen molar-refractivity contribution in [2.45, 2.75) is 24.3 Å². The molecular weight excluding hydrogens is 268 g/mol. The maximum absolute atomic E-state index is 11.9. The number of aliphatic hydroxyl groups is 1. The quantitative estimate of drug-likeness (QED) is 0.701. The van der Waals surface area contributed by atoms with Gasteiger partial charge in [0.2, 0.25) is 5.91 Å². The van der Waals surface area contributed by atoms with Crippen LogP contribution in [0, 0.1) is 6.42 Å². The van der Waals surface area contributed by atoms with E-state index in [1.807, 2.05) is 0 Å². The van der Waals surface area contributed by atoms with Crippen LogP contribution in [0.1, 0.15) is 24.8 Å². The van der Waals surface area contributed by atoms with Gasteiger partial charge < -0.3 is 10.8 Å². The third-order valence-corrected chi connectivity index (χ3v) is 4.11. The van der Waals surface area contributed by atoms with Crippen LogP contribution in [-0.4, -0.2) is 36.8 Å². The van der Waals surface area contributed by atoms with E-state index in [1.165, 1.54) is 12.3 Å². The van der Waals surface area contributed by atoms with Crippen LogP contribution in [0.25, 0.3) is 0 Å². The van der Waals surface area contributed by atoms with Crippen molar-refractivity contribution < 1.29 is 18.3 Å². The Morgan fingerprint density at radius 1 is 1.47 bits per heavy atom. The van der Waals surface area contributed by atoms with Crippen molar-refractivity contribution in [1.82, 2.24) is 4.98 Å². The Kier molecular flexibility index (Phi) is 5.91. The van der Waals surface area contributed by atoms with Crippen molar-refractivity contribution >= 4 is 15.7 Å². The summed E-state index contributed by atoms with van der Waals surface area (Å²) in [6.45, 7) is -0.177. The summed E-state index contributed by atoms with van der Waals surface area (Å²) < 4.78 is 23.7. The lowest BCUT2D eigenvalue weighted by atomic mass is 10.1. The Hall–Kier alpha value is -1.47. The highest BCUT2D eigenvalue weighted by molar-refractivity contribution is 7.91. The summed E-state index contributed by atoms with van der Waals surface area (Å²) in [7, 11) is -3.47. The number of carbonyl (C=O) groups is 1.